The SMILES string of the molecule is C[N+](C)(N)c1ccccc1.[Cl-]. The lowest BCUT2D eigenvalue weighted by Gasteiger charge is -2.21. The second kappa shape index (κ2) is 3.72. The van der Waals surface area contributed by atoms with Gasteiger partial charge < -0.3 is 12.4 Å². The molecule has 0 fully saturated rings. The van der Waals surface area contributed by atoms with Gasteiger partial charge in [-0.2, -0.15) is 5.84 Å². The number of rotatable bonds is 1. The Morgan fingerprint density at radius 2 is 1.55 bits per heavy atom. The van der Waals surface area contributed by atoms with E-state index in [1.165, 1.54) is 0 Å². The summed E-state index contributed by atoms with van der Waals surface area (Å²) in [5.74, 6) is 5.79. The molecule has 0 aliphatic rings. The second-order valence-electron chi connectivity index (χ2n) is 2.88. The molecule has 0 aliphatic carbocycles. The van der Waals surface area contributed by atoms with Gasteiger partial charge in [0, 0.05) is 12.1 Å². The zero-order valence-electron chi connectivity index (χ0n) is 6.79. The number of nitrogens with two attached hydrogens (primary N) is 1. The molecule has 0 saturated carbocycles. The number of quaternary nitrogens is 1. The van der Waals surface area contributed by atoms with E-state index in [4.69, 9.17) is 5.84 Å². The van der Waals surface area contributed by atoms with E-state index in [0.717, 1.165) is 5.69 Å². The topological polar surface area (TPSA) is 26.0 Å². The van der Waals surface area contributed by atoms with Crippen LogP contribution >= 0.6 is 0 Å². The fraction of sp³-hybridized carbons (Fsp3) is 0.250. The monoisotopic (exact) mass is 172 g/mol. The molecule has 11 heavy (non-hydrogen) atoms. The number of hydrogen-bond acceptors (Lipinski definition) is 1. The third-order valence-electron chi connectivity index (χ3n) is 1.42. The Balaban J connectivity index is 0.000001000. The molecule has 1 aromatic rings. The van der Waals surface area contributed by atoms with Crippen molar-refractivity contribution < 1.29 is 12.4 Å². The van der Waals surface area contributed by atoms with Gasteiger partial charge in [0.25, 0.3) is 0 Å². The van der Waals surface area contributed by atoms with E-state index in [-0.39, 0.29) is 12.4 Å². The normalized spacial score (nSPS) is 10.5. The minimum Gasteiger partial charge on any atom is -1.00 e. The smallest absolute Gasteiger partial charge is 0.151 e. The molecule has 0 unspecified atom stereocenters. The lowest BCUT2D eigenvalue weighted by Crippen LogP contribution is -3.00. The van der Waals surface area contributed by atoms with E-state index in [1.807, 2.05) is 44.4 Å². The Morgan fingerprint density at radius 3 is 1.82 bits per heavy atom. The molecule has 0 spiro atoms. The highest BCUT2D eigenvalue weighted by Gasteiger charge is 2.10. The van der Waals surface area contributed by atoms with Crippen LogP contribution in [0.5, 0.6) is 0 Å². The van der Waals surface area contributed by atoms with Crippen molar-refractivity contribution in [3.05, 3.63) is 30.3 Å². The fourth-order valence-corrected chi connectivity index (χ4v) is 0.812. The van der Waals surface area contributed by atoms with Crippen molar-refractivity contribution in [3.8, 4) is 0 Å². The maximum Gasteiger partial charge on any atom is 0.151 e. The Bertz CT molecular complexity index is 203. The van der Waals surface area contributed by atoms with Crippen molar-refractivity contribution in [3.63, 3.8) is 0 Å². The molecular formula is C8H13ClN2. The molecule has 0 saturated heterocycles. The minimum atomic E-state index is 0. The summed E-state index contributed by atoms with van der Waals surface area (Å²) in [5, 5.41) is 0. The van der Waals surface area contributed by atoms with E-state index >= 15 is 0 Å². The van der Waals surface area contributed by atoms with Crippen LogP contribution in [0.1, 0.15) is 0 Å². The van der Waals surface area contributed by atoms with Gasteiger partial charge in [-0.15, -0.1) is 0 Å². The highest BCUT2D eigenvalue weighted by molar-refractivity contribution is 5.39. The molecule has 0 radical (unpaired) electrons. The summed E-state index contributed by atoms with van der Waals surface area (Å²) in [6.45, 7) is 0. The molecule has 2 N–H and O–H groups in total. The van der Waals surface area contributed by atoms with Gasteiger partial charge in [0.1, 0.15) is 0 Å². The van der Waals surface area contributed by atoms with Crippen molar-refractivity contribution >= 4 is 5.69 Å². The number of para-hydroxylation sites is 1. The van der Waals surface area contributed by atoms with Crippen molar-refractivity contribution in [2.24, 2.45) is 5.84 Å². The van der Waals surface area contributed by atoms with Crippen LogP contribution in [-0.2, 0) is 0 Å². The molecule has 62 valence electrons. The van der Waals surface area contributed by atoms with E-state index in [0.29, 0.717) is 4.59 Å². The summed E-state index contributed by atoms with van der Waals surface area (Å²) in [5.41, 5.74) is 1.11. The molecule has 0 amide bonds. The maximum absolute atomic E-state index is 5.79. The average molecular weight is 173 g/mol. The van der Waals surface area contributed by atoms with E-state index in [1.54, 1.807) is 0 Å². The van der Waals surface area contributed by atoms with Crippen molar-refractivity contribution in [2.45, 2.75) is 0 Å². The minimum absolute atomic E-state index is 0. The lowest BCUT2D eigenvalue weighted by molar-refractivity contribution is -0.00000250. The van der Waals surface area contributed by atoms with Crippen LogP contribution in [0, 0.1) is 0 Å². The van der Waals surface area contributed by atoms with Gasteiger partial charge in [0.05, 0.1) is 14.1 Å². The van der Waals surface area contributed by atoms with E-state index in [2.05, 4.69) is 0 Å². The first kappa shape index (κ1) is 10.4. The van der Waals surface area contributed by atoms with Crippen LogP contribution < -0.4 is 22.8 Å². The number of benzene rings is 1. The van der Waals surface area contributed by atoms with Gasteiger partial charge in [-0.05, 0) is 0 Å². The predicted molar refractivity (Wildman–Crippen MR) is 44.3 cm³/mol. The van der Waals surface area contributed by atoms with Crippen molar-refractivity contribution in [2.75, 3.05) is 14.1 Å². The third kappa shape index (κ3) is 2.89. The first-order valence-corrected chi connectivity index (χ1v) is 3.29. The van der Waals surface area contributed by atoms with Crippen LogP contribution in [-0.4, -0.2) is 14.1 Å². The number of hydrogen-bond donors (Lipinski definition) is 1. The highest BCUT2D eigenvalue weighted by atomic mass is 35.5. The van der Waals surface area contributed by atoms with Gasteiger partial charge in [-0.1, -0.05) is 18.2 Å². The fourth-order valence-electron chi connectivity index (χ4n) is 0.812. The predicted octanol–water partition coefficient (Wildman–Crippen LogP) is -1.87. The van der Waals surface area contributed by atoms with Crippen molar-refractivity contribution in [1.82, 2.24) is 4.59 Å². The number of halogens is 1. The zero-order chi connectivity index (χ0) is 7.61. The van der Waals surface area contributed by atoms with Gasteiger partial charge in [0.2, 0.25) is 0 Å². The van der Waals surface area contributed by atoms with Gasteiger partial charge in [-0.3, -0.25) is 0 Å². The Kier molecular flexibility index (Phi) is 3.52. The third-order valence-corrected chi connectivity index (χ3v) is 1.42. The van der Waals surface area contributed by atoms with Gasteiger partial charge in [0.15, 0.2) is 5.69 Å². The van der Waals surface area contributed by atoms with Gasteiger partial charge in [-0.25, -0.2) is 4.59 Å². The Morgan fingerprint density at radius 1 is 1.09 bits per heavy atom. The van der Waals surface area contributed by atoms with Crippen LogP contribution in [0.15, 0.2) is 30.3 Å². The number of nitrogens with zero attached hydrogens (tertiary/aromatic N) is 1. The molecule has 0 heterocycles. The summed E-state index contributed by atoms with van der Waals surface area (Å²) in [4.78, 5) is 0. The molecule has 3 heteroatoms. The standard InChI is InChI=1S/C8H13N2.ClH/c1-10(2,9)8-6-4-3-5-7-8;/h3-7H,9H2,1-2H3;1H/q+1;/p-1. The first-order chi connectivity index (χ1) is 4.61. The summed E-state index contributed by atoms with van der Waals surface area (Å²) < 4.78 is 0.390. The van der Waals surface area contributed by atoms with Crippen LogP contribution in [0.4, 0.5) is 5.69 Å². The first-order valence-electron chi connectivity index (χ1n) is 3.29. The molecule has 0 aliphatic heterocycles. The average Bonchev–Trinajstić information content (AvgIpc) is 1.88. The van der Waals surface area contributed by atoms with Crippen LogP contribution in [0.25, 0.3) is 0 Å². The summed E-state index contributed by atoms with van der Waals surface area (Å²) in [7, 11) is 3.88. The summed E-state index contributed by atoms with van der Waals surface area (Å²) in [6.07, 6.45) is 0. The van der Waals surface area contributed by atoms with Crippen molar-refractivity contribution in [1.29, 1.82) is 0 Å². The second-order valence-corrected chi connectivity index (χ2v) is 2.88. The highest BCUT2D eigenvalue weighted by Crippen LogP contribution is 2.11. The molecule has 1 rings (SSSR count). The summed E-state index contributed by atoms with van der Waals surface area (Å²) >= 11 is 0. The molecule has 0 atom stereocenters. The quantitative estimate of drug-likeness (QED) is 0.300. The molecule has 0 aromatic heterocycles. The Hall–Kier alpha value is -0.570. The van der Waals surface area contributed by atoms with Crippen LogP contribution in [0.3, 0.4) is 0 Å². The largest absolute Gasteiger partial charge is 1.00 e. The van der Waals surface area contributed by atoms with Gasteiger partial charge >= 0.3 is 0 Å². The maximum atomic E-state index is 5.79. The zero-order valence-corrected chi connectivity index (χ0v) is 7.55. The van der Waals surface area contributed by atoms with E-state index in [9.17, 15) is 0 Å². The molecule has 1 aromatic carbocycles. The summed E-state index contributed by atoms with van der Waals surface area (Å²) in [6, 6.07) is 9.99. The van der Waals surface area contributed by atoms with E-state index < -0.39 is 0 Å². The van der Waals surface area contributed by atoms with Crippen LogP contribution in [0.2, 0.25) is 0 Å². The molecular weight excluding hydrogens is 160 g/mol. The molecule has 2 nitrogen and oxygen atoms in total. The Labute approximate surface area is 73.6 Å². The molecule has 0 bridgehead atoms. The lowest BCUT2D eigenvalue weighted by atomic mass is 10.3.